The molecule has 2 heterocycles. The van der Waals surface area contributed by atoms with Gasteiger partial charge < -0.3 is 10.6 Å². The first-order valence-electron chi connectivity index (χ1n) is 10.9. The zero-order chi connectivity index (χ0) is 19.9. The van der Waals surface area contributed by atoms with Crippen LogP contribution >= 0.6 is 11.8 Å². The minimum Gasteiger partial charge on any atom is -0.355 e. The number of hydrogen-bond donors (Lipinski definition) is 2. The Balaban J connectivity index is 1.61. The Morgan fingerprint density at radius 3 is 2.64 bits per heavy atom. The minimum atomic E-state index is -0.0531. The summed E-state index contributed by atoms with van der Waals surface area (Å²) in [5.41, 5.74) is 2.10. The van der Waals surface area contributed by atoms with Crippen molar-refractivity contribution in [2.24, 2.45) is 11.8 Å². The third kappa shape index (κ3) is 5.31. The Kier molecular flexibility index (Phi) is 7.82. The van der Waals surface area contributed by atoms with Crippen LogP contribution in [0.3, 0.4) is 0 Å². The summed E-state index contributed by atoms with van der Waals surface area (Å²) in [7, 11) is 0. The number of amides is 2. The first kappa shape index (κ1) is 21.2. The molecule has 0 unspecified atom stereocenters. The smallest absolute Gasteiger partial charge is 0.241 e. The van der Waals surface area contributed by atoms with E-state index in [-0.39, 0.29) is 24.3 Å². The van der Waals surface area contributed by atoms with Crippen LogP contribution in [-0.4, -0.2) is 28.1 Å². The third-order valence-corrected chi connectivity index (χ3v) is 6.88. The van der Waals surface area contributed by atoms with Gasteiger partial charge in [0, 0.05) is 29.5 Å². The van der Waals surface area contributed by atoms with Crippen molar-refractivity contribution in [1.82, 2.24) is 15.1 Å². The maximum absolute atomic E-state index is 12.9. The highest BCUT2D eigenvalue weighted by atomic mass is 32.2. The fraction of sp³-hybridized carbons (Fsp3) is 0.762. The summed E-state index contributed by atoms with van der Waals surface area (Å²) >= 11 is 1.81. The van der Waals surface area contributed by atoms with E-state index in [0.29, 0.717) is 6.54 Å². The summed E-state index contributed by atoms with van der Waals surface area (Å²) in [4.78, 5) is 25.1. The number of rotatable bonds is 9. The number of fused-ring (bicyclic) bond motifs is 1. The molecule has 1 aromatic heterocycles. The Hall–Kier alpha value is -1.50. The van der Waals surface area contributed by atoms with Crippen molar-refractivity contribution < 1.29 is 9.59 Å². The fourth-order valence-corrected chi connectivity index (χ4v) is 5.24. The maximum atomic E-state index is 12.9. The molecule has 0 atom stereocenters. The predicted octanol–water partition coefficient (Wildman–Crippen LogP) is 4.09. The lowest BCUT2D eigenvalue weighted by molar-refractivity contribution is -0.122. The first-order valence-corrected chi connectivity index (χ1v) is 12.0. The highest BCUT2D eigenvalue weighted by Crippen LogP contribution is 2.36. The predicted molar refractivity (Wildman–Crippen MR) is 114 cm³/mol. The van der Waals surface area contributed by atoms with E-state index in [0.717, 1.165) is 66.6 Å². The molecule has 0 spiro atoms. The van der Waals surface area contributed by atoms with Gasteiger partial charge in [-0.25, -0.2) is 4.68 Å². The average Bonchev–Trinajstić information content (AvgIpc) is 3.27. The Morgan fingerprint density at radius 1 is 1.14 bits per heavy atom. The molecule has 1 aromatic rings. The van der Waals surface area contributed by atoms with Crippen LogP contribution in [-0.2, 0) is 27.6 Å². The molecule has 1 aliphatic heterocycles. The van der Waals surface area contributed by atoms with Gasteiger partial charge in [0.25, 0.3) is 0 Å². The second-order valence-electron chi connectivity index (χ2n) is 8.12. The fourth-order valence-electron chi connectivity index (χ4n) is 4.20. The number of anilines is 1. The summed E-state index contributed by atoms with van der Waals surface area (Å²) in [5.74, 6) is 3.36. The van der Waals surface area contributed by atoms with Gasteiger partial charge in [-0.15, -0.1) is 0 Å². The molecule has 3 rings (SSSR count). The summed E-state index contributed by atoms with van der Waals surface area (Å²) in [6, 6.07) is 0. The highest BCUT2D eigenvalue weighted by Gasteiger charge is 2.29. The number of aromatic nitrogens is 2. The molecule has 0 aromatic carbocycles. The summed E-state index contributed by atoms with van der Waals surface area (Å²) < 4.78 is 1.69. The molecule has 2 aliphatic rings. The van der Waals surface area contributed by atoms with E-state index >= 15 is 0 Å². The number of carbonyl (C=O) groups excluding carboxylic acids is 2. The van der Waals surface area contributed by atoms with E-state index in [2.05, 4.69) is 22.7 Å². The number of carbonyl (C=O) groups is 2. The Labute approximate surface area is 172 Å². The van der Waals surface area contributed by atoms with Crippen molar-refractivity contribution in [2.45, 2.75) is 83.3 Å². The van der Waals surface area contributed by atoms with Gasteiger partial charge in [0.05, 0.1) is 5.69 Å². The van der Waals surface area contributed by atoms with Crippen molar-refractivity contribution >= 4 is 29.4 Å². The number of nitrogens with one attached hydrogen (secondary N) is 2. The standard InChI is InChI=1S/C21H34N4O2S/c1-3-5-6-15-7-9-16(10-8-15)21(27)23-20-17-13-28-14-18(17)24-25(20)12-19(26)22-11-4-2/h15-16H,3-14H2,1-2H3,(H,22,26)(H,23,27). The normalized spacial score (nSPS) is 21.4. The number of nitrogens with zero attached hydrogens (tertiary/aromatic N) is 2. The zero-order valence-corrected chi connectivity index (χ0v) is 18.1. The average molecular weight is 407 g/mol. The largest absolute Gasteiger partial charge is 0.355 e. The lowest BCUT2D eigenvalue weighted by Gasteiger charge is -2.27. The van der Waals surface area contributed by atoms with E-state index in [1.165, 1.54) is 19.3 Å². The van der Waals surface area contributed by atoms with E-state index in [1.54, 1.807) is 4.68 Å². The molecule has 0 bridgehead atoms. The lowest BCUT2D eigenvalue weighted by Crippen LogP contribution is -2.31. The molecular weight excluding hydrogens is 372 g/mol. The highest BCUT2D eigenvalue weighted by molar-refractivity contribution is 7.98. The van der Waals surface area contributed by atoms with Gasteiger partial charge in [-0.2, -0.15) is 16.9 Å². The van der Waals surface area contributed by atoms with Gasteiger partial charge in [-0.1, -0.05) is 33.1 Å². The first-order chi connectivity index (χ1) is 13.6. The van der Waals surface area contributed by atoms with Crippen LogP contribution in [0, 0.1) is 11.8 Å². The number of unbranched alkanes of at least 4 members (excludes halogenated alkanes) is 1. The van der Waals surface area contributed by atoms with E-state index in [1.807, 2.05) is 18.7 Å². The molecule has 6 nitrogen and oxygen atoms in total. The molecule has 1 fully saturated rings. The molecule has 28 heavy (non-hydrogen) atoms. The van der Waals surface area contributed by atoms with Crippen LogP contribution in [0.2, 0.25) is 0 Å². The van der Waals surface area contributed by atoms with Crippen LogP contribution in [0.25, 0.3) is 0 Å². The molecule has 1 aliphatic carbocycles. The summed E-state index contributed by atoms with van der Waals surface area (Å²) in [6.45, 7) is 5.10. The number of thioether (sulfide) groups is 1. The molecule has 2 N–H and O–H groups in total. The SMILES string of the molecule is CCCCC1CCC(C(=O)Nc2c3c(nn2CC(=O)NCCC)CSC3)CC1. The van der Waals surface area contributed by atoms with E-state index in [4.69, 9.17) is 0 Å². The quantitative estimate of drug-likeness (QED) is 0.648. The van der Waals surface area contributed by atoms with Crippen molar-refractivity contribution in [3.63, 3.8) is 0 Å². The van der Waals surface area contributed by atoms with Gasteiger partial charge in [0.15, 0.2) is 0 Å². The van der Waals surface area contributed by atoms with E-state index < -0.39 is 0 Å². The Bertz CT molecular complexity index is 680. The van der Waals surface area contributed by atoms with Gasteiger partial charge in [0.1, 0.15) is 12.4 Å². The van der Waals surface area contributed by atoms with Gasteiger partial charge in [-0.05, 0) is 38.0 Å². The zero-order valence-electron chi connectivity index (χ0n) is 17.3. The molecule has 1 saturated carbocycles. The summed E-state index contributed by atoms with van der Waals surface area (Å²) in [6.07, 6.45) is 9.02. The second kappa shape index (κ2) is 10.3. The van der Waals surface area contributed by atoms with Gasteiger partial charge in [0.2, 0.25) is 11.8 Å². The van der Waals surface area contributed by atoms with Crippen LogP contribution in [0.5, 0.6) is 0 Å². The van der Waals surface area contributed by atoms with Gasteiger partial charge >= 0.3 is 0 Å². The Morgan fingerprint density at radius 2 is 1.93 bits per heavy atom. The molecule has 7 heteroatoms. The van der Waals surface area contributed by atoms with Crippen molar-refractivity contribution in [3.05, 3.63) is 11.3 Å². The monoisotopic (exact) mass is 406 g/mol. The minimum absolute atomic E-state index is 0.0531. The lowest BCUT2D eigenvalue weighted by atomic mass is 9.79. The maximum Gasteiger partial charge on any atom is 0.241 e. The topological polar surface area (TPSA) is 76.0 Å². The second-order valence-corrected chi connectivity index (χ2v) is 9.11. The summed E-state index contributed by atoms with van der Waals surface area (Å²) in [5, 5.41) is 10.6. The van der Waals surface area contributed by atoms with Crippen LogP contribution in [0.15, 0.2) is 0 Å². The van der Waals surface area contributed by atoms with Crippen LogP contribution in [0.4, 0.5) is 5.82 Å². The third-order valence-electron chi connectivity index (χ3n) is 5.91. The molecule has 2 amide bonds. The van der Waals surface area contributed by atoms with Crippen LogP contribution in [0.1, 0.15) is 76.5 Å². The molecule has 0 saturated heterocycles. The van der Waals surface area contributed by atoms with E-state index in [9.17, 15) is 9.59 Å². The molecule has 156 valence electrons. The molecular formula is C21H34N4O2S. The van der Waals surface area contributed by atoms with Gasteiger partial charge in [-0.3, -0.25) is 9.59 Å². The number of hydrogen-bond acceptors (Lipinski definition) is 4. The van der Waals surface area contributed by atoms with Crippen molar-refractivity contribution in [3.8, 4) is 0 Å². The molecule has 0 radical (unpaired) electrons. The van der Waals surface area contributed by atoms with Crippen LogP contribution < -0.4 is 10.6 Å². The van der Waals surface area contributed by atoms with Crippen molar-refractivity contribution in [1.29, 1.82) is 0 Å². The van der Waals surface area contributed by atoms with Crippen molar-refractivity contribution in [2.75, 3.05) is 11.9 Å².